The fraction of sp³-hybridized carbons (Fsp3) is 0.909. The lowest BCUT2D eigenvalue weighted by Crippen LogP contribution is -2.54. The summed E-state index contributed by atoms with van der Waals surface area (Å²) in [4.78, 5) is 2.28. The van der Waals surface area contributed by atoms with Crippen molar-refractivity contribution in [2.45, 2.75) is 44.6 Å². The predicted octanol–water partition coefficient (Wildman–Crippen LogP) is 0.447. The van der Waals surface area contributed by atoms with Gasteiger partial charge < -0.3 is 5.73 Å². The zero-order valence-corrected chi connectivity index (χ0v) is 10.5. The van der Waals surface area contributed by atoms with Crippen LogP contribution in [0, 0.1) is 5.92 Å². The number of rotatable bonds is 1. The van der Waals surface area contributed by atoms with Gasteiger partial charge in [0.25, 0.3) is 0 Å². The highest BCUT2D eigenvalue weighted by Crippen LogP contribution is 2.34. The van der Waals surface area contributed by atoms with E-state index in [1.807, 2.05) is 0 Å². The first-order valence-electron chi connectivity index (χ1n) is 6.24. The number of nitrogens with zero attached hydrogens (tertiary/aromatic N) is 1. The quantitative estimate of drug-likeness (QED) is 0.518. The summed E-state index contributed by atoms with van der Waals surface area (Å²) < 4.78 is 11.1. The van der Waals surface area contributed by atoms with Gasteiger partial charge in [-0.25, -0.2) is 4.21 Å². The van der Waals surface area contributed by atoms with Gasteiger partial charge in [0.1, 0.15) is 11.3 Å². The van der Waals surface area contributed by atoms with Crippen LogP contribution in [-0.2, 0) is 11.3 Å². The first-order chi connectivity index (χ1) is 7.86. The van der Waals surface area contributed by atoms with E-state index in [4.69, 9.17) is 5.73 Å². The molecule has 0 bridgehead atoms. The Morgan fingerprint density at radius 3 is 2.81 bits per heavy atom. The van der Waals surface area contributed by atoms with Gasteiger partial charge in [-0.1, -0.05) is 12.8 Å². The molecular weight excluding hydrogens is 222 g/mol. The molecule has 1 heterocycles. The van der Waals surface area contributed by atoms with Crippen LogP contribution < -0.4 is 11.1 Å². The van der Waals surface area contributed by atoms with Crippen molar-refractivity contribution in [2.75, 3.05) is 13.2 Å². The lowest BCUT2D eigenvalue weighted by Gasteiger charge is -2.43. The fourth-order valence-electron chi connectivity index (χ4n) is 3.14. The van der Waals surface area contributed by atoms with Gasteiger partial charge in [0.05, 0.1) is 0 Å². The standard InChI is InChI=1S/C11H21N3OS/c12-8-13-11(16-15)14-7-3-5-9-4-1-2-6-10(9)14/h9-10,13H,1-8,12H2. The summed E-state index contributed by atoms with van der Waals surface area (Å²) in [6.07, 6.45) is 7.77. The van der Waals surface area contributed by atoms with E-state index in [-0.39, 0.29) is 0 Å². The maximum Gasteiger partial charge on any atom is 0.158 e. The molecule has 4 nitrogen and oxygen atoms in total. The molecule has 2 aliphatic rings. The lowest BCUT2D eigenvalue weighted by molar-refractivity contribution is 0.118. The number of likely N-dealkylation sites (tertiary alicyclic amines) is 1. The molecule has 2 fully saturated rings. The van der Waals surface area contributed by atoms with E-state index in [1.54, 1.807) is 0 Å². The van der Waals surface area contributed by atoms with Gasteiger partial charge in [-0.05, 0) is 31.6 Å². The van der Waals surface area contributed by atoms with Crippen molar-refractivity contribution in [1.82, 2.24) is 10.2 Å². The third kappa shape index (κ3) is 2.53. The van der Waals surface area contributed by atoms with E-state index < -0.39 is 0 Å². The number of hydrogen-bond donors (Lipinski definition) is 2. The van der Waals surface area contributed by atoms with Gasteiger partial charge in [0.15, 0.2) is 5.11 Å². The third-order valence-electron chi connectivity index (χ3n) is 3.84. The summed E-state index contributed by atoms with van der Waals surface area (Å²) in [7, 11) is 0. The van der Waals surface area contributed by atoms with Crippen LogP contribution in [0.5, 0.6) is 0 Å². The molecule has 2 unspecified atom stereocenters. The van der Waals surface area contributed by atoms with E-state index in [0.29, 0.717) is 24.0 Å². The minimum Gasteiger partial charge on any atom is -0.318 e. The zero-order valence-electron chi connectivity index (χ0n) is 9.65. The fourth-order valence-corrected chi connectivity index (χ4v) is 3.61. The number of fused-ring (bicyclic) bond motifs is 1. The smallest absolute Gasteiger partial charge is 0.158 e. The van der Waals surface area contributed by atoms with E-state index in [0.717, 1.165) is 17.6 Å². The molecule has 16 heavy (non-hydrogen) atoms. The first-order valence-corrected chi connectivity index (χ1v) is 6.98. The van der Waals surface area contributed by atoms with Crippen LogP contribution in [0.3, 0.4) is 0 Å². The highest BCUT2D eigenvalue weighted by Gasteiger charge is 2.35. The van der Waals surface area contributed by atoms with Crippen molar-refractivity contribution in [1.29, 1.82) is 0 Å². The SMILES string of the molecule is NCNC(=S=O)N1CCCC2CCCCC21. The van der Waals surface area contributed by atoms with Crippen LogP contribution in [-0.4, -0.2) is 33.5 Å². The highest BCUT2D eigenvalue weighted by molar-refractivity contribution is 7.66. The normalized spacial score (nSPS) is 30.8. The van der Waals surface area contributed by atoms with Crippen LogP contribution in [0.1, 0.15) is 38.5 Å². The van der Waals surface area contributed by atoms with Crippen molar-refractivity contribution in [3.05, 3.63) is 0 Å². The number of nitrogens with one attached hydrogen (secondary N) is 1. The first kappa shape index (κ1) is 12.2. The number of hydrogen-bond acceptors (Lipinski definition) is 2. The van der Waals surface area contributed by atoms with Gasteiger partial charge in [-0.2, -0.15) is 0 Å². The van der Waals surface area contributed by atoms with Gasteiger partial charge >= 0.3 is 0 Å². The second kappa shape index (κ2) is 5.91. The molecule has 2 rings (SSSR count). The second-order valence-electron chi connectivity index (χ2n) is 4.72. The molecule has 1 aliphatic carbocycles. The van der Waals surface area contributed by atoms with E-state index in [1.165, 1.54) is 38.5 Å². The molecule has 0 aromatic heterocycles. The van der Waals surface area contributed by atoms with Crippen LogP contribution in [0.2, 0.25) is 0 Å². The summed E-state index contributed by atoms with van der Waals surface area (Å²) in [6, 6.07) is 0.581. The topological polar surface area (TPSA) is 58.4 Å². The molecular formula is C11H21N3OS. The summed E-state index contributed by atoms with van der Waals surface area (Å²) in [6.45, 7) is 1.36. The van der Waals surface area contributed by atoms with Crippen LogP contribution in [0.4, 0.5) is 0 Å². The van der Waals surface area contributed by atoms with E-state index in [9.17, 15) is 4.21 Å². The monoisotopic (exact) mass is 243 g/mol. The van der Waals surface area contributed by atoms with Gasteiger partial charge in [0, 0.05) is 19.3 Å². The molecule has 0 aromatic rings. The Bertz CT molecular complexity index is 289. The van der Waals surface area contributed by atoms with Gasteiger partial charge in [-0.15, -0.1) is 0 Å². The molecule has 0 amide bonds. The average Bonchev–Trinajstić information content (AvgIpc) is 2.35. The summed E-state index contributed by atoms with van der Waals surface area (Å²) in [5.74, 6) is 0.796. The molecule has 0 spiro atoms. The maximum atomic E-state index is 11.1. The lowest BCUT2D eigenvalue weighted by atomic mass is 9.78. The Hall–Kier alpha value is -0.230. The van der Waals surface area contributed by atoms with Crippen molar-refractivity contribution < 1.29 is 4.21 Å². The second-order valence-corrected chi connectivity index (χ2v) is 5.27. The maximum absolute atomic E-state index is 11.1. The zero-order chi connectivity index (χ0) is 11.4. The van der Waals surface area contributed by atoms with Crippen LogP contribution >= 0.6 is 0 Å². The molecule has 3 N–H and O–H groups in total. The van der Waals surface area contributed by atoms with Crippen molar-refractivity contribution in [3.8, 4) is 0 Å². The summed E-state index contributed by atoms with van der Waals surface area (Å²) in [5, 5.41) is 3.74. The molecule has 1 saturated heterocycles. The van der Waals surface area contributed by atoms with Crippen LogP contribution in [0.15, 0.2) is 0 Å². The Labute approximate surface area is 101 Å². The minimum absolute atomic E-state index is 0.346. The predicted molar refractivity (Wildman–Crippen MR) is 67.0 cm³/mol. The van der Waals surface area contributed by atoms with Crippen LogP contribution in [0.25, 0.3) is 0 Å². The van der Waals surface area contributed by atoms with E-state index in [2.05, 4.69) is 10.2 Å². The Morgan fingerprint density at radius 1 is 1.31 bits per heavy atom. The number of piperidine rings is 1. The third-order valence-corrected chi connectivity index (χ3v) is 4.37. The number of nitrogens with two attached hydrogens (primary N) is 1. The Morgan fingerprint density at radius 2 is 2.06 bits per heavy atom. The molecule has 2 atom stereocenters. The molecule has 92 valence electrons. The summed E-state index contributed by atoms with van der Waals surface area (Å²) in [5.41, 5.74) is 5.47. The molecule has 0 aromatic carbocycles. The Kier molecular flexibility index (Phi) is 4.52. The molecule has 1 saturated carbocycles. The van der Waals surface area contributed by atoms with Gasteiger partial charge in [0.2, 0.25) is 0 Å². The highest BCUT2D eigenvalue weighted by atomic mass is 32.1. The minimum atomic E-state index is 0.346. The molecule has 0 radical (unpaired) electrons. The van der Waals surface area contributed by atoms with Crippen molar-refractivity contribution in [3.63, 3.8) is 0 Å². The van der Waals surface area contributed by atoms with Gasteiger partial charge in [-0.3, -0.25) is 10.2 Å². The molecule has 1 aliphatic heterocycles. The van der Waals surface area contributed by atoms with E-state index >= 15 is 0 Å². The Balaban J connectivity index is 2.09. The molecule has 5 heteroatoms. The van der Waals surface area contributed by atoms with Crippen molar-refractivity contribution >= 4 is 16.4 Å². The largest absolute Gasteiger partial charge is 0.318 e. The summed E-state index contributed by atoms with van der Waals surface area (Å²) >= 11 is 0.558. The van der Waals surface area contributed by atoms with Crippen molar-refractivity contribution in [2.24, 2.45) is 11.7 Å². The average molecular weight is 243 g/mol.